The van der Waals surface area contributed by atoms with E-state index >= 15 is 0 Å². The predicted molar refractivity (Wildman–Crippen MR) is 60.3 cm³/mol. The third kappa shape index (κ3) is 2.41. The van der Waals surface area contributed by atoms with Crippen LogP contribution in [-0.2, 0) is 0 Å². The van der Waals surface area contributed by atoms with Crippen LogP contribution in [-0.4, -0.2) is 23.6 Å². The molecule has 0 radical (unpaired) electrons. The van der Waals surface area contributed by atoms with Crippen molar-refractivity contribution in [3.63, 3.8) is 0 Å². The lowest BCUT2D eigenvalue weighted by molar-refractivity contribution is 0.298. The Kier molecular flexibility index (Phi) is 3.56. The molecule has 1 N–H and O–H groups in total. The smallest absolute Gasteiger partial charge is 0.0203 e. The Balaban J connectivity index is 1.91. The van der Waals surface area contributed by atoms with Crippen molar-refractivity contribution in [3.8, 4) is 0 Å². The maximum absolute atomic E-state index is 3.71. The summed E-state index contributed by atoms with van der Waals surface area (Å²) in [6, 6.07) is 0.843. The largest absolute Gasteiger partial charge is 0.313 e. The molecule has 0 aromatic heterocycles. The summed E-state index contributed by atoms with van der Waals surface area (Å²) in [5.74, 6) is 2.40. The van der Waals surface area contributed by atoms with Crippen LogP contribution in [0.3, 0.4) is 0 Å². The third-order valence-electron chi connectivity index (χ3n) is 3.54. The molecule has 2 fully saturated rings. The van der Waals surface area contributed by atoms with Crippen LogP contribution in [0.2, 0.25) is 0 Å². The van der Waals surface area contributed by atoms with Crippen molar-refractivity contribution in [2.24, 2.45) is 5.92 Å². The van der Waals surface area contributed by atoms with E-state index < -0.39 is 0 Å². The molecule has 1 aliphatic heterocycles. The monoisotopic (exact) mass is 199 g/mol. The van der Waals surface area contributed by atoms with Crippen LogP contribution in [0, 0.1) is 5.92 Å². The van der Waals surface area contributed by atoms with Gasteiger partial charge in [0.2, 0.25) is 0 Å². The normalized spacial score (nSPS) is 40.8. The highest BCUT2D eigenvalue weighted by Gasteiger charge is 2.30. The number of hydrogen-bond donors (Lipinski definition) is 1. The van der Waals surface area contributed by atoms with Gasteiger partial charge in [-0.25, -0.2) is 0 Å². The van der Waals surface area contributed by atoms with Crippen LogP contribution in [0.4, 0.5) is 0 Å². The van der Waals surface area contributed by atoms with Crippen molar-refractivity contribution in [2.45, 2.75) is 50.3 Å². The third-order valence-corrected chi connectivity index (χ3v) is 5.01. The van der Waals surface area contributed by atoms with E-state index in [1.807, 2.05) is 0 Å². The molecule has 0 spiro atoms. The first kappa shape index (κ1) is 9.85. The molecule has 3 atom stereocenters. The van der Waals surface area contributed by atoms with Gasteiger partial charge >= 0.3 is 0 Å². The predicted octanol–water partition coefficient (Wildman–Crippen LogP) is 2.66. The lowest BCUT2D eigenvalue weighted by Crippen LogP contribution is -2.41. The fourth-order valence-corrected chi connectivity index (χ4v) is 4.08. The van der Waals surface area contributed by atoms with Crippen molar-refractivity contribution in [3.05, 3.63) is 0 Å². The van der Waals surface area contributed by atoms with Gasteiger partial charge in [-0.3, -0.25) is 0 Å². The van der Waals surface area contributed by atoms with E-state index in [0.717, 1.165) is 17.2 Å². The molecule has 2 heteroatoms. The minimum absolute atomic E-state index is 0.843. The molecule has 1 saturated carbocycles. The number of thioether (sulfide) groups is 1. The molecule has 0 aromatic carbocycles. The zero-order chi connectivity index (χ0) is 9.10. The van der Waals surface area contributed by atoms with Crippen LogP contribution in [0.25, 0.3) is 0 Å². The van der Waals surface area contributed by atoms with Gasteiger partial charge in [0.05, 0.1) is 0 Å². The second kappa shape index (κ2) is 4.70. The van der Waals surface area contributed by atoms with Crippen molar-refractivity contribution in [1.82, 2.24) is 5.32 Å². The molecular formula is C11H21NS. The average Bonchev–Trinajstić information content (AvgIpc) is 2.41. The van der Waals surface area contributed by atoms with Crippen molar-refractivity contribution in [2.75, 3.05) is 12.3 Å². The van der Waals surface area contributed by atoms with Crippen molar-refractivity contribution >= 4 is 11.8 Å². The Morgan fingerprint density at radius 3 is 3.15 bits per heavy atom. The molecule has 1 saturated heterocycles. The number of hydrogen-bond acceptors (Lipinski definition) is 2. The minimum atomic E-state index is 0.843. The molecule has 1 aliphatic carbocycles. The molecule has 2 aliphatic rings. The fourth-order valence-electron chi connectivity index (χ4n) is 2.59. The van der Waals surface area contributed by atoms with Gasteiger partial charge in [0.1, 0.15) is 0 Å². The van der Waals surface area contributed by atoms with Gasteiger partial charge < -0.3 is 5.32 Å². The first-order valence-corrected chi connectivity index (χ1v) is 6.80. The van der Waals surface area contributed by atoms with Gasteiger partial charge in [0, 0.05) is 11.3 Å². The van der Waals surface area contributed by atoms with Gasteiger partial charge in [-0.1, -0.05) is 13.3 Å². The Morgan fingerprint density at radius 1 is 1.38 bits per heavy atom. The first-order chi connectivity index (χ1) is 6.40. The highest BCUT2D eigenvalue weighted by molar-refractivity contribution is 7.99. The summed E-state index contributed by atoms with van der Waals surface area (Å²) >= 11 is 2.22. The quantitative estimate of drug-likeness (QED) is 0.697. The topological polar surface area (TPSA) is 12.0 Å². The summed E-state index contributed by atoms with van der Waals surface area (Å²) in [6.07, 6.45) is 7.12. The van der Waals surface area contributed by atoms with E-state index in [9.17, 15) is 0 Å². The molecule has 76 valence electrons. The summed E-state index contributed by atoms with van der Waals surface area (Å²) in [5.41, 5.74) is 0. The van der Waals surface area contributed by atoms with Crippen LogP contribution in [0.5, 0.6) is 0 Å². The molecular weight excluding hydrogens is 178 g/mol. The standard InChI is InChI=1S/C11H21NS/c1-2-9-4-5-10-11(8-9)13-7-3-6-12-10/h9-12H,2-8H2,1H3. The molecule has 1 nitrogen and oxygen atoms in total. The van der Waals surface area contributed by atoms with Gasteiger partial charge in [-0.05, 0) is 43.9 Å². The Morgan fingerprint density at radius 2 is 2.31 bits per heavy atom. The van der Waals surface area contributed by atoms with E-state index in [4.69, 9.17) is 0 Å². The maximum Gasteiger partial charge on any atom is 0.0203 e. The van der Waals surface area contributed by atoms with Gasteiger partial charge in [0.15, 0.2) is 0 Å². The van der Waals surface area contributed by atoms with Gasteiger partial charge in [-0.15, -0.1) is 0 Å². The Bertz CT molecular complexity index is 160. The summed E-state index contributed by atoms with van der Waals surface area (Å²) in [4.78, 5) is 0. The summed E-state index contributed by atoms with van der Waals surface area (Å²) < 4.78 is 0. The molecule has 0 aromatic rings. The van der Waals surface area contributed by atoms with E-state index in [2.05, 4.69) is 24.0 Å². The van der Waals surface area contributed by atoms with Crippen LogP contribution >= 0.6 is 11.8 Å². The van der Waals surface area contributed by atoms with Crippen LogP contribution in [0.1, 0.15) is 39.0 Å². The minimum Gasteiger partial charge on any atom is -0.313 e. The van der Waals surface area contributed by atoms with E-state index in [1.54, 1.807) is 0 Å². The van der Waals surface area contributed by atoms with E-state index in [-0.39, 0.29) is 0 Å². The second-order valence-corrected chi connectivity index (χ2v) is 5.76. The van der Waals surface area contributed by atoms with Crippen molar-refractivity contribution in [1.29, 1.82) is 0 Å². The van der Waals surface area contributed by atoms with Gasteiger partial charge in [-0.2, -0.15) is 11.8 Å². The van der Waals surface area contributed by atoms with Gasteiger partial charge in [0.25, 0.3) is 0 Å². The first-order valence-electron chi connectivity index (χ1n) is 5.75. The summed E-state index contributed by atoms with van der Waals surface area (Å²) in [7, 11) is 0. The number of fused-ring (bicyclic) bond motifs is 1. The fraction of sp³-hybridized carbons (Fsp3) is 1.00. The molecule has 1 heterocycles. The highest BCUT2D eigenvalue weighted by atomic mass is 32.2. The maximum atomic E-state index is 3.71. The Hall–Kier alpha value is 0.310. The Labute approximate surface area is 86.0 Å². The van der Waals surface area contributed by atoms with Crippen LogP contribution < -0.4 is 5.32 Å². The van der Waals surface area contributed by atoms with Crippen LogP contribution in [0.15, 0.2) is 0 Å². The van der Waals surface area contributed by atoms with E-state index in [0.29, 0.717) is 0 Å². The zero-order valence-electron chi connectivity index (χ0n) is 8.59. The lowest BCUT2D eigenvalue weighted by Gasteiger charge is -2.34. The lowest BCUT2D eigenvalue weighted by atomic mass is 9.84. The SMILES string of the molecule is CCC1CCC2NCCCSC2C1. The molecule has 0 amide bonds. The molecule has 13 heavy (non-hydrogen) atoms. The molecule has 0 bridgehead atoms. The number of rotatable bonds is 1. The molecule has 2 rings (SSSR count). The summed E-state index contributed by atoms with van der Waals surface area (Å²) in [6.45, 7) is 3.60. The highest BCUT2D eigenvalue weighted by Crippen LogP contribution is 2.35. The number of nitrogens with one attached hydrogen (secondary N) is 1. The van der Waals surface area contributed by atoms with E-state index in [1.165, 1.54) is 44.4 Å². The average molecular weight is 199 g/mol. The zero-order valence-corrected chi connectivity index (χ0v) is 9.41. The summed E-state index contributed by atoms with van der Waals surface area (Å²) in [5, 5.41) is 4.64. The molecule has 3 unspecified atom stereocenters. The second-order valence-electron chi connectivity index (χ2n) is 4.41. The van der Waals surface area contributed by atoms with Crippen molar-refractivity contribution < 1.29 is 0 Å².